The van der Waals surface area contributed by atoms with Crippen molar-refractivity contribution in [1.82, 2.24) is 4.90 Å². The second kappa shape index (κ2) is 3.29. The van der Waals surface area contributed by atoms with E-state index in [0.717, 1.165) is 12.8 Å². The van der Waals surface area contributed by atoms with Gasteiger partial charge >= 0.3 is 5.97 Å². The predicted molar refractivity (Wildman–Crippen MR) is 49.5 cm³/mol. The summed E-state index contributed by atoms with van der Waals surface area (Å²) in [7, 11) is 0. The van der Waals surface area contributed by atoms with E-state index in [4.69, 9.17) is 5.11 Å². The second-order valence-electron chi connectivity index (χ2n) is 4.40. The fourth-order valence-corrected chi connectivity index (χ4v) is 2.24. The Morgan fingerprint density at radius 1 is 1.46 bits per heavy atom. The van der Waals surface area contributed by atoms with E-state index >= 15 is 0 Å². The van der Waals surface area contributed by atoms with E-state index in [1.807, 2.05) is 6.92 Å². The molecule has 0 spiro atoms. The summed E-state index contributed by atoms with van der Waals surface area (Å²) in [5.41, 5.74) is 0. The highest BCUT2D eigenvalue weighted by molar-refractivity contribution is 5.70. The van der Waals surface area contributed by atoms with Crippen LogP contribution in [0.25, 0.3) is 0 Å². The molecule has 1 saturated carbocycles. The normalized spacial score (nSPS) is 36.1. The minimum atomic E-state index is -0.632. The molecule has 1 aliphatic carbocycles. The van der Waals surface area contributed by atoms with Crippen molar-refractivity contribution in [2.45, 2.75) is 32.2 Å². The molecule has 3 nitrogen and oxygen atoms in total. The zero-order chi connectivity index (χ0) is 9.42. The van der Waals surface area contributed by atoms with Gasteiger partial charge in [-0.05, 0) is 38.3 Å². The topological polar surface area (TPSA) is 40.5 Å². The van der Waals surface area contributed by atoms with Gasteiger partial charge in [0.15, 0.2) is 0 Å². The van der Waals surface area contributed by atoms with Gasteiger partial charge in [-0.1, -0.05) is 6.92 Å². The molecule has 3 heteroatoms. The molecular formula is C10H17NO2. The van der Waals surface area contributed by atoms with Gasteiger partial charge in [0.05, 0.1) is 5.92 Å². The van der Waals surface area contributed by atoms with Crippen LogP contribution in [-0.2, 0) is 4.79 Å². The molecule has 2 aliphatic rings. The Morgan fingerprint density at radius 3 is 2.46 bits per heavy atom. The summed E-state index contributed by atoms with van der Waals surface area (Å²) in [4.78, 5) is 13.2. The van der Waals surface area contributed by atoms with E-state index < -0.39 is 5.97 Å². The summed E-state index contributed by atoms with van der Waals surface area (Å²) in [5, 5.41) is 8.80. The quantitative estimate of drug-likeness (QED) is 0.714. The third-order valence-electron chi connectivity index (χ3n) is 3.65. The highest BCUT2D eigenvalue weighted by Gasteiger charge is 2.40. The standard InChI is InChI=1S/C10H17NO2/c1-7(10(12)13)8-5-9(6-8)11-3-2-4-11/h7-9H,2-6H2,1H3,(H,12,13). The second-order valence-corrected chi connectivity index (χ2v) is 4.40. The number of likely N-dealkylation sites (tertiary alicyclic amines) is 1. The number of aliphatic carboxylic acids is 1. The summed E-state index contributed by atoms with van der Waals surface area (Å²) in [5.74, 6) is -0.340. The molecule has 0 bridgehead atoms. The first kappa shape index (κ1) is 9.00. The van der Waals surface area contributed by atoms with Crippen LogP contribution in [0, 0.1) is 11.8 Å². The Labute approximate surface area is 78.7 Å². The summed E-state index contributed by atoms with van der Waals surface area (Å²) in [6.07, 6.45) is 3.54. The van der Waals surface area contributed by atoms with Gasteiger partial charge in [-0.25, -0.2) is 0 Å². The van der Waals surface area contributed by atoms with Gasteiger partial charge in [0.1, 0.15) is 0 Å². The van der Waals surface area contributed by atoms with E-state index in [2.05, 4.69) is 4.90 Å². The lowest BCUT2D eigenvalue weighted by molar-refractivity contribution is -0.145. The van der Waals surface area contributed by atoms with Crippen molar-refractivity contribution >= 4 is 5.97 Å². The molecule has 1 saturated heterocycles. The number of hydrogen-bond donors (Lipinski definition) is 1. The summed E-state index contributed by atoms with van der Waals surface area (Å²) < 4.78 is 0. The van der Waals surface area contributed by atoms with Crippen LogP contribution < -0.4 is 0 Å². The predicted octanol–water partition coefficient (Wildman–Crippen LogP) is 1.19. The average molecular weight is 183 g/mol. The lowest BCUT2D eigenvalue weighted by Crippen LogP contribution is -2.52. The maximum absolute atomic E-state index is 10.7. The van der Waals surface area contributed by atoms with Gasteiger partial charge < -0.3 is 10.0 Å². The van der Waals surface area contributed by atoms with Gasteiger partial charge in [-0.3, -0.25) is 4.79 Å². The largest absolute Gasteiger partial charge is 0.481 e. The van der Waals surface area contributed by atoms with Gasteiger partial charge in [-0.2, -0.15) is 0 Å². The number of carboxylic acid groups (broad SMARTS) is 1. The van der Waals surface area contributed by atoms with Crippen LogP contribution in [-0.4, -0.2) is 35.1 Å². The van der Waals surface area contributed by atoms with Crippen molar-refractivity contribution in [1.29, 1.82) is 0 Å². The Hall–Kier alpha value is -0.570. The molecule has 1 heterocycles. The lowest BCUT2D eigenvalue weighted by atomic mass is 9.71. The van der Waals surface area contributed by atoms with Crippen molar-refractivity contribution in [3.63, 3.8) is 0 Å². The number of hydrogen-bond acceptors (Lipinski definition) is 2. The molecule has 2 rings (SSSR count). The third kappa shape index (κ3) is 1.57. The smallest absolute Gasteiger partial charge is 0.306 e. The van der Waals surface area contributed by atoms with Gasteiger partial charge in [-0.15, -0.1) is 0 Å². The Kier molecular flexibility index (Phi) is 2.28. The molecule has 1 unspecified atom stereocenters. The highest BCUT2D eigenvalue weighted by Crippen LogP contribution is 2.38. The molecular weight excluding hydrogens is 166 g/mol. The lowest BCUT2D eigenvalue weighted by Gasteiger charge is -2.48. The average Bonchev–Trinajstić information content (AvgIpc) is 1.90. The minimum absolute atomic E-state index is 0.141. The first-order valence-corrected chi connectivity index (χ1v) is 5.15. The number of nitrogens with zero attached hydrogens (tertiary/aromatic N) is 1. The minimum Gasteiger partial charge on any atom is -0.481 e. The van der Waals surface area contributed by atoms with E-state index in [1.165, 1.54) is 19.5 Å². The molecule has 0 aromatic heterocycles. The van der Waals surface area contributed by atoms with E-state index in [9.17, 15) is 4.79 Å². The Bertz CT molecular complexity index is 207. The van der Waals surface area contributed by atoms with Gasteiger partial charge in [0.25, 0.3) is 0 Å². The van der Waals surface area contributed by atoms with Crippen LogP contribution in [0.1, 0.15) is 26.2 Å². The molecule has 0 radical (unpaired) electrons. The van der Waals surface area contributed by atoms with Crippen LogP contribution in [0.5, 0.6) is 0 Å². The van der Waals surface area contributed by atoms with E-state index in [0.29, 0.717) is 12.0 Å². The molecule has 1 aliphatic heterocycles. The molecule has 1 N–H and O–H groups in total. The molecule has 0 aromatic carbocycles. The van der Waals surface area contributed by atoms with Crippen LogP contribution in [0.2, 0.25) is 0 Å². The molecule has 13 heavy (non-hydrogen) atoms. The third-order valence-corrected chi connectivity index (χ3v) is 3.65. The first-order chi connectivity index (χ1) is 6.18. The van der Waals surface area contributed by atoms with E-state index in [-0.39, 0.29) is 5.92 Å². The zero-order valence-corrected chi connectivity index (χ0v) is 8.07. The highest BCUT2D eigenvalue weighted by atomic mass is 16.4. The SMILES string of the molecule is CC(C(=O)O)C1CC(N2CCC2)C1. The monoisotopic (exact) mass is 183 g/mol. The van der Waals surface area contributed by atoms with Gasteiger partial charge in [0, 0.05) is 6.04 Å². The van der Waals surface area contributed by atoms with Crippen LogP contribution in [0.4, 0.5) is 0 Å². The molecule has 2 fully saturated rings. The molecule has 1 atom stereocenters. The molecule has 74 valence electrons. The van der Waals surface area contributed by atoms with Gasteiger partial charge in [0.2, 0.25) is 0 Å². The number of carboxylic acids is 1. The van der Waals surface area contributed by atoms with Crippen molar-refractivity contribution in [3.05, 3.63) is 0 Å². The fraction of sp³-hybridized carbons (Fsp3) is 0.900. The van der Waals surface area contributed by atoms with Crippen molar-refractivity contribution in [2.75, 3.05) is 13.1 Å². The summed E-state index contributed by atoms with van der Waals surface area (Å²) in [6.45, 7) is 4.30. The first-order valence-electron chi connectivity index (χ1n) is 5.15. The summed E-state index contributed by atoms with van der Waals surface area (Å²) >= 11 is 0. The fourth-order valence-electron chi connectivity index (χ4n) is 2.24. The Balaban J connectivity index is 1.74. The van der Waals surface area contributed by atoms with Crippen LogP contribution in [0.3, 0.4) is 0 Å². The van der Waals surface area contributed by atoms with Crippen LogP contribution in [0.15, 0.2) is 0 Å². The maximum atomic E-state index is 10.7. The molecule has 0 amide bonds. The van der Waals surface area contributed by atoms with Crippen LogP contribution >= 0.6 is 0 Å². The number of rotatable bonds is 3. The Morgan fingerprint density at radius 2 is 2.08 bits per heavy atom. The van der Waals surface area contributed by atoms with Crippen molar-refractivity contribution < 1.29 is 9.90 Å². The summed E-state index contributed by atoms with van der Waals surface area (Å²) in [6, 6.07) is 0.709. The molecule has 0 aromatic rings. The van der Waals surface area contributed by atoms with Crippen molar-refractivity contribution in [3.8, 4) is 0 Å². The zero-order valence-electron chi connectivity index (χ0n) is 8.07. The number of carbonyl (C=O) groups is 1. The maximum Gasteiger partial charge on any atom is 0.306 e. The van der Waals surface area contributed by atoms with Crippen molar-refractivity contribution in [2.24, 2.45) is 11.8 Å². The van der Waals surface area contributed by atoms with E-state index in [1.54, 1.807) is 0 Å².